The van der Waals surface area contributed by atoms with Gasteiger partial charge in [-0.15, -0.1) is 0 Å². The van der Waals surface area contributed by atoms with Gasteiger partial charge in [-0.25, -0.2) is 0 Å². The summed E-state index contributed by atoms with van der Waals surface area (Å²) in [5, 5.41) is 2.86. The molecule has 0 radical (unpaired) electrons. The molecule has 3 N–H and O–H groups in total. The molecule has 0 bridgehead atoms. The average molecular weight is 294 g/mol. The number of ether oxygens (including phenoxy) is 1. The molecular weight excluding hydrogens is 272 g/mol. The molecule has 0 aliphatic rings. The van der Waals surface area contributed by atoms with Crippen LogP contribution in [0.5, 0.6) is 5.75 Å². The van der Waals surface area contributed by atoms with Crippen molar-refractivity contribution < 1.29 is 9.53 Å². The summed E-state index contributed by atoms with van der Waals surface area (Å²) in [6.07, 6.45) is 2.65. The van der Waals surface area contributed by atoms with Gasteiger partial charge < -0.3 is 15.8 Å². The highest BCUT2D eigenvalue weighted by atomic mass is 32.1. The van der Waals surface area contributed by atoms with Gasteiger partial charge in [-0.2, -0.15) is 0 Å². The number of rotatable bonds is 8. The molecule has 0 heterocycles. The Balaban J connectivity index is 2.55. The molecule has 1 atom stereocenters. The van der Waals surface area contributed by atoms with E-state index >= 15 is 0 Å². The first kappa shape index (κ1) is 16.4. The summed E-state index contributed by atoms with van der Waals surface area (Å²) >= 11 is 4.96. The van der Waals surface area contributed by atoms with Crippen LogP contribution in [0.1, 0.15) is 38.7 Å². The number of nitrogens with one attached hydrogen (secondary N) is 1. The zero-order valence-electron chi connectivity index (χ0n) is 12.0. The first-order valence-electron chi connectivity index (χ1n) is 6.89. The summed E-state index contributed by atoms with van der Waals surface area (Å²) in [4.78, 5) is 12.2. The van der Waals surface area contributed by atoms with Gasteiger partial charge in [0, 0.05) is 6.54 Å². The maximum atomic E-state index is 11.9. The van der Waals surface area contributed by atoms with Gasteiger partial charge in [-0.3, -0.25) is 4.79 Å². The Morgan fingerprint density at radius 2 is 2.10 bits per heavy atom. The van der Waals surface area contributed by atoms with E-state index in [0.29, 0.717) is 17.9 Å². The Kier molecular flexibility index (Phi) is 7.01. The SMILES string of the molecule is CCCCCNC(=O)C(C)Oc1ccccc1C(N)=S. The summed E-state index contributed by atoms with van der Waals surface area (Å²) in [6.45, 7) is 4.52. The third kappa shape index (κ3) is 5.17. The first-order chi connectivity index (χ1) is 9.56. The molecule has 1 rings (SSSR count). The number of para-hydroxylation sites is 1. The number of unbranched alkanes of at least 4 members (excludes halogenated alkanes) is 2. The Labute approximate surface area is 125 Å². The highest BCUT2D eigenvalue weighted by molar-refractivity contribution is 7.80. The van der Waals surface area contributed by atoms with Crippen LogP contribution in [0.2, 0.25) is 0 Å². The molecule has 0 spiro atoms. The average Bonchev–Trinajstić information content (AvgIpc) is 2.43. The van der Waals surface area contributed by atoms with Gasteiger partial charge in [-0.05, 0) is 25.5 Å². The smallest absolute Gasteiger partial charge is 0.260 e. The summed E-state index contributed by atoms with van der Waals surface area (Å²) in [5.74, 6) is 0.412. The van der Waals surface area contributed by atoms with E-state index in [2.05, 4.69) is 12.2 Å². The summed E-state index contributed by atoms with van der Waals surface area (Å²) in [5.41, 5.74) is 6.28. The summed E-state index contributed by atoms with van der Waals surface area (Å²) in [6, 6.07) is 7.19. The van der Waals surface area contributed by atoms with Gasteiger partial charge in [0.2, 0.25) is 0 Å². The lowest BCUT2D eigenvalue weighted by Crippen LogP contribution is -2.37. The normalized spacial score (nSPS) is 11.7. The van der Waals surface area contributed by atoms with Gasteiger partial charge in [-0.1, -0.05) is 44.1 Å². The molecule has 0 aromatic heterocycles. The highest BCUT2D eigenvalue weighted by Gasteiger charge is 2.16. The van der Waals surface area contributed by atoms with Crippen molar-refractivity contribution in [1.82, 2.24) is 5.32 Å². The molecule has 5 heteroatoms. The van der Waals surface area contributed by atoms with Crippen LogP contribution in [0.25, 0.3) is 0 Å². The monoisotopic (exact) mass is 294 g/mol. The lowest BCUT2D eigenvalue weighted by Gasteiger charge is -2.16. The van der Waals surface area contributed by atoms with Crippen LogP contribution in [-0.2, 0) is 4.79 Å². The van der Waals surface area contributed by atoms with E-state index < -0.39 is 6.10 Å². The molecule has 1 amide bonds. The van der Waals surface area contributed by atoms with Crippen LogP contribution in [0.3, 0.4) is 0 Å². The number of hydrogen-bond acceptors (Lipinski definition) is 3. The number of hydrogen-bond donors (Lipinski definition) is 2. The van der Waals surface area contributed by atoms with Crippen LogP contribution in [-0.4, -0.2) is 23.5 Å². The maximum absolute atomic E-state index is 11.9. The van der Waals surface area contributed by atoms with Crippen molar-refractivity contribution in [3.05, 3.63) is 29.8 Å². The summed E-state index contributed by atoms with van der Waals surface area (Å²) < 4.78 is 5.65. The lowest BCUT2D eigenvalue weighted by atomic mass is 10.2. The number of carbonyl (C=O) groups excluding carboxylic acids is 1. The first-order valence-corrected chi connectivity index (χ1v) is 7.30. The number of nitrogens with two attached hydrogens (primary N) is 1. The van der Waals surface area contributed by atoms with Crippen molar-refractivity contribution in [3.63, 3.8) is 0 Å². The van der Waals surface area contributed by atoms with Crippen LogP contribution >= 0.6 is 12.2 Å². The zero-order chi connectivity index (χ0) is 15.0. The van der Waals surface area contributed by atoms with Gasteiger partial charge in [0.1, 0.15) is 10.7 Å². The lowest BCUT2D eigenvalue weighted by molar-refractivity contribution is -0.127. The van der Waals surface area contributed by atoms with Crippen molar-refractivity contribution in [3.8, 4) is 5.75 Å². The Hall–Kier alpha value is -1.62. The minimum atomic E-state index is -0.577. The zero-order valence-corrected chi connectivity index (χ0v) is 12.8. The van der Waals surface area contributed by atoms with E-state index in [4.69, 9.17) is 22.7 Å². The molecule has 0 fully saturated rings. The van der Waals surface area contributed by atoms with Crippen molar-refractivity contribution >= 4 is 23.1 Å². The van der Waals surface area contributed by atoms with Crippen LogP contribution < -0.4 is 15.8 Å². The Morgan fingerprint density at radius 3 is 2.75 bits per heavy atom. The molecule has 0 aliphatic carbocycles. The van der Waals surface area contributed by atoms with E-state index in [9.17, 15) is 4.79 Å². The highest BCUT2D eigenvalue weighted by Crippen LogP contribution is 2.19. The molecule has 1 aromatic carbocycles. The van der Waals surface area contributed by atoms with Crippen LogP contribution in [0, 0.1) is 0 Å². The number of thiocarbonyl (C=S) groups is 1. The van der Waals surface area contributed by atoms with E-state index in [1.54, 1.807) is 19.1 Å². The molecular formula is C15H22N2O2S. The van der Waals surface area contributed by atoms with Crippen LogP contribution in [0.4, 0.5) is 0 Å². The van der Waals surface area contributed by atoms with E-state index in [1.165, 1.54) is 0 Å². The second-order valence-corrected chi connectivity index (χ2v) is 5.06. The fourth-order valence-electron chi connectivity index (χ4n) is 1.75. The fraction of sp³-hybridized carbons (Fsp3) is 0.467. The fourth-order valence-corrected chi connectivity index (χ4v) is 1.92. The third-order valence-corrected chi connectivity index (χ3v) is 3.12. The Bertz CT molecular complexity index is 463. The predicted molar refractivity (Wildman–Crippen MR) is 85.0 cm³/mol. The van der Waals surface area contributed by atoms with Crippen molar-refractivity contribution in [2.45, 2.75) is 39.2 Å². The molecule has 110 valence electrons. The van der Waals surface area contributed by atoms with E-state index in [-0.39, 0.29) is 10.9 Å². The number of benzene rings is 1. The Morgan fingerprint density at radius 1 is 1.40 bits per heavy atom. The second-order valence-electron chi connectivity index (χ2n) is 4.62. The van der Waals surface area contributed by atoms with Gasteiger partial charge in [0.15, 0.2) is 6.10 Å². The van der Waals surface area contributed by atoms with E-state index in [0.717, 1.165) is 19.3 Å². The minimum absolute atomic E-state index is 0.126. The van der Waals surface area contributed by atoms with E-state index in [1.807, 2.05) is 12.1 Å². The van der Waals surface area contributed by atoms with Crippen molar-refractivity contribution in [1.29, 1.82) is 0 Å². The molecule has 20 heavy (non-hydrogen) atoms. The maximum Gasteiger partial charge on any atom is 0.260 e. The van der Waals surface area contributed by atoms with Crippen molar-refractivity contribution in [2.24, 2.45) is 5.73 Å². The van der Waals surface area contributed by atoms with Gasteiger partial charge in [0.05, 0.1) is 5.56 Å². The van der Waals surface area contributed by atoms with Gasteiger partial charge >= 0.3 is 0 Å². The number of carbonyl (C=O) groups is 1. The second kappa shape index (κ2) is 8.53. The quantitative estimate of drug-likeness (QED) is 0.571. The molecule has 0 aliphatic heterocycles. The van der Waals surface area contributed by atoms with Crippen LogP contribution in [0.15, 0.2) is 24.3 Å². The molecule has 1 aromatic rings. The molecule has 0 saturated heterocycles. The third-order valence-electron chi connectivity index (χ3n) is 2.91. The number of amides is 1. The largest absolute Gasteiger partial charge is 0.480 e. The molecule has 4 nitrogen and oxygen atoms in total. The minimum Gasteiger partial charge on any atom is -0.480 e. The topological polar surface area (TPSA) is 64.3 Å². The molecule has 0 saturated carbocycles. The van der Waals surface area contributed by atoms with Crippen molar-refractivity contribution in [2.75, 3.05) is 6.54 Å². The standard InChI is InChI=1S/C15H22N2O2S/c1-3-4-7-10-17-15(18)11(2)19-13-9-6-5-8-12(13)14(16)20/h5-6,8-9,11H,3-4,7,10H2,1-2H3,(H2,16,20)(H,17,18). The predicted octanol–water partition coefficient (Wildman–Crippen LogP) is 2.39. The van der Waals surface area contributed by atoms with Gasteiger partial charge in [0.25, 0.3) is 5.91 Å². The molecule has 1 unspecified atom stereocenters. The summed E-state index contributed by atoms with van der Waals surface area (Å²) in [7, 11) is 0.